The number of amides is 2. The van der Waals surface area contributed by atoms with E-state index in [2.05, 4.69) is 10.6 Å². The standard InChI is InChI=1S/C13H24N2O5S/c1-13(2,11(16)14-6-4-7-20-3)12(17)15-10-5-8-21(18,19)9-10/h10H,4-9H2,1-3H3,(H,14,16)(H,15,17). The summed E-state index contributed by atoms with van der Waals surface area (Å²) in [4.78, 5) is 24.2. The number of carbonyl (C=O) groups excluding carboxylic acids is 2. The fraction of sp³-hybridized carbons (Fsp3) is 0.846. The average Bonchev–Trinajstić information content (AvgIpc) is 2.73. The number of ether oxygens (including phenoxy) is 1. The van der Waals surface area contributed by atoms with Gasteiger partial charge in [-0.25, -0.2) is 8.42 Å². The first kappa shape index (κ1) is 17.9. The van der Waals surface area contributed by atoms with Crippen LogP contribution in [0.15, 0.2) is 0 Å². The zero-order valence-electron chi connectivity index (χ0n) is 12.8. The van der Waals surface area contributed by atoms with Crippen molar-refractivity contribution < 1.29 is 22.7 Å². The van der Waals surface area contributed by atoms with Crippen LogP contribution in [0.3, 0.4) is 0 Å². The van der Waals surface area contributed by atoms with Crippen molar-refractivity contribution in [3.05, 3.63) is 0 Å². The van der Waals surface area contributed by atoms with Gasteiger partial charge in [0, 0.05) is 26.3 Å². The number of hydrogen-bond acceptors (Lipinski definition) is 5. The van der Waals surface area contributed by atoms with Crippen molar-refractivity contribution in [2.45, 2.75) is 32.7 Å². The highest BCUT2D eigenvalue weighted by molar-refractivity contribution is 7.91. The molecule has 7 nitrogen and oxygen atoms in total. The maximum atomic E-state index is 12.2. The highest BCUT2D eigenvalue weighted by atomic mass is 32.2. The van der Waals surface area contributed by atoms with Gasteiger partial charge in [0.15, 0.2) is 9.84 Å². The number of rotatable bonds is 7. The maximum Gasteiger partial charge on any atom is 0.235 e. The lowest BCUT2D eigenvalue weighted by Crippen LogP contribution is -2.51. The number of hydrogen-bond donors (Lipinski definition) is 2. The molecule has 0 spiro atoms. The second-order valence-electron chi connectivity index (χ2n) is 5.80. The summed E-state index contributed by atoms with van der Waals surface area (Å²) in [6, 6.07) is -0.400. The Hall–Kier alpha value is -1.15. The SMILES string of the molecule is COCCCNC(=O)C(C)(C)C(=O)NC1CCS(=O)(=O)C1. The molecule has 2 N–H and O–H groups in total. The summed E-state index contributed by atoms with van der Waals surface area (Å²) in [5.74, 6) is -0.794. The summed E-state index contributed by atoms with van der Waals surface area (Å²) >= 11 is 0. The van der Waals surface area contributed by atoms with Gasteiger partial charge in [0.25, 0.3) is 0 Å². The van der Waals surface area contributed by atoms with Crippen LogP contribution in [0.1, 0.15) is 26.7 Å². The van der Waals surface area contributed by atoms with E-state index in [4.69, 9.17) is 4.74 Å². The molecule has 2 amide bonds. The monoisotopic (exact) mass is 320 g/mol. The minimum Gasteiger partial charge on any atom is -0.385 e. The molecule has 1 heterocycles. The fourth-order valence-corrected chi connectivity index (χ4v) is 3.69. The second-order valence-corrected chi connectivity index (χ2v) is 8.03. The van der Waals surface area contributed by atoms with Gasteiger partial charge in [-0.3, -0.25) is 9.59 Å². The van der Waals surface area contributed by atoms with Crippen LogP contribution in [0.2, 0.25) is 0 Å². The predicted molar refractivity (Wildman–Crippen MR) is 78.5 cm³/mol. The average molecular weight is 320 g/mol. The van der Waals surface area contributed by atoms with Crippen molar-refractivity contribution in [3.63, 3.8) is 0 Å². The first-order valence-electron chi connectivity index (χ1n) is 6.97. The van der Waals surface area contributed by atoms with E-state index in [1.165, 1.54) is 13.8 Å². The molecule has 1 aliphatic heterocycles. The van der Waals surface area contributed by atoms with E-state index < -0.39 is 27.2 Å². The zero-order chi connectivity index (χ0) is 16.1. The van der Waals surface area contributed by atoms with Crippen molar-refractivity contribution in [3.8, 4) is 0 Å². The van der Waals surface area contributed by atoms with E-state index in [-0.39, 0.29) is 17.4 Å². The Kier molecular flexibility index (Phi) is 6.15. The Morgan fingerprint density at radius 2 is 1.95 bits per heavy atom. The molecule has 1 unspecified atom stereocenters. The topological polar surface area (TPSA) is 102 Å². The summed E-state index contributed by atoms with van der Waals surface area (Å²) in [7, 11) is -1.48. The molecule has 0 aromatic heterocycles. The third-order valence-electron chi connectivity index (χ3n) is 3.51. The summed E-state index contributed by atoms with van der Waals surface area (Å²) < 4.78 is 27.6. The molecule has 1 saturated heterocycles. The maximum absolute atomic E-state index is 12.2. The molecule has 1 atom stereocenters. The van der Waals surface area contributed by atoms with Gasteiger partial charge in [0.2, 0.25) is 11.8 Å². The van der Waals surface area contributed by atoms with Crippen molar-refractivity contribution in [1.82, 2.24) is 10.6 Å². The van der Waals surface area contributed by atoms with Crippen molar-refractivity contribution in [2.24, 2.45) is 5.41 Å². The van der Waals surface area contributed by atoms with Crippen molar-refractivity contribution >= 4 is 21.7 Å². The first-order chi connectivity index (χ1) is 9.69. The molecule has 21 heavy (non-hydrogen) atoms. The molecule has 122 valence electrons. The number of sulfone groups is 1. The van der Waals surface area contributed by atoms with Gasteiger partial charge in [-0.15, -0.1) is 0 Å². The van der Waals surface area contributed by atoms with E-state index in [0.717, 1.165) is 0 Å². The lowest BCUT2D eigenvalue weighted by atomic mass is 9.90. The van der Waals surface area contributed by atoms with Crippen molar-refractivity contribution in [2.75, 3.05) is 31.8 Å². The Labute approximate surface area is 125 Å². The van der Waals surface area contributed by atoms with Crippen LogP contribution in [0.5, 0.6) is 0 Å². The Morgan fingerprint density at radius 3 is 2.48 bits per heavy atom. The third kappa shape index (κ3) is 5.28. The number of methoxy groups -OCH3 is 1. The van der Waals surface area contributed by atoms with Gasteiger partial charge in [-0.05, 0) is 26.7 Å². The quantitative estimate of drug-likeness (QED) is 0.485. The minimum atomic E-state index is -3.06. The summed E-state index contributed by atoms with van der Waals surface area (Å²) in [6.45, 7) is 4.02. The van der Waals surface area contributed by atoms with Crippen molar-refractivity contribution in [1.29, 1.82) is 0 Å². The van der Waals surface area contributed by atoms with Crippen LogP contribution in [-0.2, 0) is 24.2 Å². The van der Waals surface area contributed by atoms with Crippen LogP contribution in [0.25, 0.3) is 0 Å². The van der Waals surface area contributed by atoms with Gasteiger partial charge in [-0.2, -0.15) is 0 Å². The van der Waals surface area contributed by atoms with Crippen LogP contribution in [-0.4, -0.2) is 58.0 Å². The summed E-state index contributed by atoms with van der Waals surface area (Å²) in [5, 5.41) is 5.34. The van der Waals surface area contributed by atoms with Gasteiger partial charge < -0.3 is 15.4 Å². The zero-order valence-corrected chi connectivity index (χ0v) is 13.6. The molecular formula is C13H24N2O5S. The molecule has 8 heteroatoms. The highest BCUT2D eigenvalue weighted by Gasteiger charge is 2.38. The molecule has 0 radical (unpaired) electrons. The number of nitrogens with one attached hydrogen (secondary N) is 2. The molecule has 1 fully saturated rings. The first-order valence-corrected chi connectivity index (χ1v) is 8.80. The molecular weight excluding hydrogens is 296 g/mol. The van der Waals surface area contributed by atoms with E-state index in [0.29, 0.717) is 26.0 Å². The second kappa shape index (κ2) is 7.22. The summed E-state index contributed by atoms with van der Waals surface area (Å²) in [5.41, 5.74) is -1.24. The van der Waals surface area contributed by atoms with E-state index in [9.17, 15) is 18.0 Å². The molecule has 1 rings (SSSR count). The smallest absolute Gasteiger partial charge is 0.235 e. The Balaban J connectivity index is 2.48. The van der Waals surface area contributed by atoms with E-state index >= 15 is 0 Å². The van der Waals surface area contributed by atoms with Gasteiger partial charge in [0.1, 0.15) is 5.41 Å². The predicted octanol–water partition coefficient (Wildman–Crippen LogP) is -0.531. The fourth-order valence-electron chi connectivity index (χ4n) is 2.02. The van der Waals surface area contributed by atoms with Crippen LogP contribution >= 0.6 is 0 Å². The molecule has 0 saturated carbocycles. The molecule has 0 bridgehead atoms. The lowest BCUT2D eigenvalue weighted by Gasteiger charge is -2.24. The number of carbonyl (C=O) groups is 2. The van der Waals surface area contributed by atoms with Gasteiger partial charge >= 0.3 is 0 Å². The van der Waals surface area contributed by atoms with E-state index in [1.54, 1.807) is 7.11 Å². The normalized spacial score (nSPS) is 21.0. The van der Waals surface area contributed by atoms with Crippen LogP contribution in [0.4, 0.5) is 0 Å². The Morgan fingerprint density at radius 1 is 1.29 bits per heavy atom. The lowest BCUT2D eigenvalue weighted by molar-refractivity contribution is -0.141. The molecule has 1 aliphatic rings. The highest BCUT2D eigenvalue weighted by Crippen LogP contribution is 2.18. The molecule has 0 aromatic carbocycles. The van der Waals surface area contributed by atoms with Gasteiger partial charge in [-0.1, -0.05) is 0 Å². The largest absolute Gasteiger partial charge is 0.385 e. The molecule has 0 aromatic rings. The van der Waals surface area contributed by atoms with Crippen LogP contribution < -0.4 is 10.6 Å². The third-order valence-corrected chi connectivity index (χ3v) is 5.28. The minimum absolute atomic E-state index is 0.0513. The van der Waals surface area contributed by atoms with E-state index in [1.807, 2.05) is 0 Å². The Bertz CT molecular complexity index is 487. The molecule has 0 aliphatic carbocycles. The summed E-state index contributed by atoms with van der Waals surface area (Å²) in [6.07, 6.45) is 1.07. The van der Waals surface area contributed by atoms with Gasteiger partial charge in [0.05, 0.1) is 11.5 Å². The van der Waals surface area contributed by atoms with Crippen LogP contribution in [0, 0.1) is 5.41 Å².